The second kappa shape index (κ2) is 7.97. The van der Waals surface area contributed by atoms with Gasteiger partial charge in [-0.05, 0) is 51.0 Å². The van der Waals surface area contributed by atoms with Crippen molar-refractivity contribution >= 4 is 15.9 Å². The van der Waals surface area contributed by atoms with E-state index < -0.39 is 15.6 Å². The van der Waals surface area contributed by atoms with E-state index in [1.807, 2.05) is 24.8 Å². The molecule has 1 aliphatic rings. The van der Waals surface area contributed by atoms with Crippen LogP contribution in [0.2, 0.25) is 0 Å². The third-order valence-electron chi connectivity index (χ3n) is 5.29. The fourth-order valence-corrected chi connectivity index (χ4v) is 4.34. The van der Waals surface area contributed by atoms with Crippen molar-refractivity contribution in [3.63, 3.8) is 0 Å². The van der Waals surface area contributed by atoms with E-state index in [0.29, 0.717) is 31.1 Å². The molecule has 0 atom stereocenters. The lowest BCUT2D eigenvalue weighted by atomic mass is 10.1. The fraction of sp³-hybridized carbons (Fsp3) is 0.579. The SMILES string of the molecule is Cc1ccc(S(=O)(=O)N2CCN(CC(=O)N(C)C(C)(C)C#N)CC2)cc1C. The lowest BCUT2D eigenvalue weighted by Crippen LogP contribution is -2.53. The number of aryl methyl sites for hydroxylation is 2. The summed E-state index contributed by atoms with van der Waals surface area (Å²) in [5, 5.41) is 9.16. The molecule has 2 rings (SSSR count). The molecule has 1 saturated heterocycles. The maximum atomic E-state index is 12.9. The summed E-state index contributed by atoms with van der Waals surface area (Å²) in [5.41, 5.74) is 1.14. The minimum Gasteiger partial charge on any atom is -0.326 e. The number of piperazine rings is 1. The topological polar surface area (TPSA) is 84.7 Å². The summed E-state index contributed by atoms with van der Waals surface area (Å²) in [4.78, 5) is 16.1. The predicted molar refractivity (Wildman–Crippen MR) is 104 cm³/mol. The van der Waals surface area contributed by atoms with Gasteiger partial charge in [0.1, 0.15) is 5.54 Å². The number of rotatable bonds is 5. The zero-order valence-corrected chi connectivity index (χ0v) is 17.5. The summed E-state index contributed by atoms with van der Waals surface area (Å²) in [6.07, 6.45) is 0. The second-order valence-electron chi connectivity index (χ2n) is 7.55. The smallest absolute Gasteiger partial charge is 0.243 e. The van der Waals surface area contributed by atoms with Crippen molar-refractivity contribution in [3.05, 3.63) is 29.3 Å². The van der Waals surface area contributed by atoms with Gasteiger partial charge < -0.3 is 4.90 Å². The number of benzene rings is 1. The lowest BCUT2D eigenvalue weighted by molar-refractivity contribution is -0.134. The molecule has 1 aromatic carbocycles. The van der Waals surface area contributed by atoms with Crippen molar-refractivity contribution in [3.8, 4) is 6.07 Å². The zero-order chi connectivity index (χ0) is 20.4. The quantitative estimate of drug-likeness (QED) is 0.756. The Morgan fingerprint density at radius 1 is 1.19 bits per heavy atom. The second-order valence-corrected chi connectivity index (χ2v) is 9.49. The molecule has 1 aliphatic heterocycles. The lowest BCUT2D eigenvalue weighted by Gasteiger charge is -2.36. The van der Waals surface area contributed by atoms with Crippen LogP contribution in [-0.4, -0.2) is 73.7 Å². The number of sulfonamides is 1. The van der Waals surface area contributed by atoms with Crippen molar-refractivity contribution in [2.75, 3.05) is 39.8 Å². The minimum atomic E-state index is -3.53. The van der Waals surface area contributed by atoms with Crippen LogP contribution < -0.4 is 0 Å². The van der Waals surface area contributed by atoms with Crippen molar-refractivity contribution < 1.29 is 13.2 Å². The molecule has 0 unspecified atom stereocenters. The van der Waals surface area contributed by atoms with Crippen LogP contribution in [0.1, 0.15) is 25.0 Å². The number of carbonyl (C=O) groups excluding carboxylic acids is 1. The van der Waals surface area contributed by atoms with E-state index in [-0.39, 0.29) is 12.5 Å². The van der Waals surface area contributed by atoms with Crippen LogP contribution in [0, 0.1) is 25.2 Å². The van der Waals surface area contributed by atoms with Crippen LogP contribution in [0.3, 0.4) is 0 Å². The molecule has 0 spiro atoms. The van der Waals surface area contributed by atoms with E-state index in [0.717, 1.165) is 11.1 Å². The summed E-state index contributed by atoms with van der Waals surface area (Å²) in [6, 6.07) is 7.29. The van der Waals surface area contributed by atoms with Gasteiger partial charge in [0.15, 0.2) is 0 Å². The van der Waals surface area contributed by atoms with Crippen LogP contribution in [-0.2, 0) is 14.8 Å². The Balaban J connectivity index is 1.99. The maximum absolute atomic E-state index is 12.9. The fourth-order valence-electron chi connectivity index (χ4n) is 2.84. The summed E-state index contributed by atoms with van der Waals surface area (Å²) >= 11 is 0. The molecule has 8 heteroatoms. The van der Waals surface area contributed by atoms with Crippen LogP contribution >= 0.6 is 0 Å². The van der Waals surface area contributed by atoms with Crippen molar-refractivity contribution in [2.24, 2.45) is 0 Å². The van der Waals surface area contributed by atoms with E-state index in [4.69, 9.17) is 5.26 Å². The average Bonchev–Trinajstić information content (AvgIpc) is 2.63. The summed E-state index contributed by atoms with van der Waals surface area (Å²) in [6.45, 7) is 9.06. The number of likely N-dealkylation sites (N-methyl/N-ethyl adjacent to an activating group) is 1. The highest BCUT2D eigenvalue weighted by atomic mass is 32.2. The molecule has 1 aromatic rings. The average molecular weight is 393 g/mol. The first-order valence-corrected chi connectivity index (χ1v) is 10.4. The van der Waals surface area contributed by atoms with Crippen molar-refractivity contribution in [2.45, 2.75) is 38.1 Å². The molecule has 0 N–H and O–H groups in total. The van der Waals surface area contributed by atoms with Crippen LogP contribution in [0.5, 0.6) is 0 Å². The normalized spacial score (nSPS) is 16.7. The van der Waals surface area contributed by atoms with E-state index in [1.54, 1.807) is 33.0 Å². The first-order chi connectivity index (χ1) is 12.5. The summed E-state index contributed by atoms with van der Waals surface area (Å²) in [7, 11) is -1.91. The van der Waals surface area contributed by atoms with Crippen molar-refractivity contribution in [1.29, 1.82) is 5.26 Å². The molecular weight excluding hydrogens is 364 g/mol. The highest BCUT2D eigenvalue weighted by Crippen LogP contribution is 2.20. The Morgan fingerprint density at radius 2 is 1.78 bits per heavy atom. The maximum Gasteiger partial charge on any atom is 0.243 e. The molecule has 7 nitrogen and oxygen atoms in total. The highest BCUT2D eigenvalue weighted by molar-refractivity contribution is 7.89. The van der Waals surface area contributed by atoms with Gasteiger partial charge in [0.2, 0.25) is 15.9 Å². The van der Waals surface area contributed by atoms with Crippen LogP contribution in [0.15, 0.2) is 23.1 Å². The van der Waals surface area contributed by atoms with Gasteiger partial charge in [-0.1, -0.05) is 6.07 Å². The van der Waals surface area contributed by atoms with E-state index in [2.05, 4.69) is 6.07 Å². The Bertz CT molecular complexity index is 850. The number of hydrogen-bond donors (Lipinski definition) is 0. The number of nitriles is 1. The first-order valence-electron chi connectivity index (χ1n) is 8.96. The molecule has 0 aromatic heterocycles. The third kappa shape index (κ3) is 4.67. The van der Waals surface area contributed by atoms with Crippen LogP contribution in [0.25, 0.3) is 0 Å². The van der Waals surface area contributed by atoms with E-state index >= 15 is 0 Å². The Kier molecular flexibility index (Phi) is 6.30. The summed E-state index contributed by atoms with van der Waals surface area (Å²) < 4.78 is 27.2. The molecular formula is C19H28N4O3S. The van der Waals surface area contributed by atoms with Gasteiger partial charge in [0.05, 0.1) is 17.5 Å². The first kappa shape index (κ1) is 21.4. The Labute approximate surface area is 162 Å². The number of carbonyl (C=O) groups is 1. The molecule has 0 radical (unpaired) electrons. The van der Waals surface area contributed by atoms with E-state index in [1.165, 1.54) is 9.21 Å². The van der Waals surface area contributed by atoms with Crippen molar-refractivity contribution in [1.82, 2.24) is 14.1 Å². The number of nitrogens with zero attached hydrogens (tertiary/aromatic N) is 4. The monoisotopic (exact) mass is 392 g/mol. The van der Waals surface area contributed by atoms with Gasteiger partial charge in [-0.3, -0.25) is 9.69 Å². The number of hydrogen-bond acceptors (Lipinski definition) is 5. The van der Waals surface area contributed by atoms with E-state index in [9.17, 15) is 13.2 Å². The van der Waals surface area contributed by atoms with Gasteiger partial charge in [-0.2, -0.15) is 9.57 Å². The molecule has 27 heavy (non-hydrogen) atoms. The molecule has 1 fully saturated rings. The van der Waals surface area contributed by atoms with Crippen LogP contribution in [0.4, 0.5) is 0 Å². The predicted octanol–water partition coefficient (Wildman–Crippen LogP) is 1.37. The molecule has 1 amide bonds. The molecule has 0 bridgehead atoms. The van der Waals surface area contributed by atoms with Gasteiger partial charge in [-0.25, -0.2) is 8.42 Å². The summed E-state index contributed by atoms with van der Waals surface area (Å²) in [5.74, 6) is -0.146. The molecule has 0 saturated carbocycles. The highest BCUT2D eigenvalue weighted by Gasteiger charge is 2.32. The van der Waals surface area contributed by atoms with Gasteiger partial charge >= 0.3 is 0 Å². The molecule has 148 valence electrons. The Morgan fingerprint density at radius 3 is 2.30 bits per heavy atom. The van der Waals surface area contributed by atoms with Gasteiger partial charge in [0.25, 0.3) is 0 Å². The molecule has 1 heterocycles. The standard InChI is InChI=1S/C19H28N4O3S/c1-15-6-7-17(12-16(15)2)27(25,26)23-10-8-22(9-11-23)13-18(24)21(5)19(3,4)14-20/h6-7,12H,8-11,13H2,1-5H3. The van der Waals surface area contributed by atoms with Gasteiger partial charge in [-0.15, -0.1) is 0 Å². The zero-order valence-electron chi connectivity index (χ0n) is 16.7. The Hall–Kier alpha value is -1.95. The minimum absolute atomic E-state index is 0.146. The largest absolute Gasteiger partial charge is 0.326 e. The third-order valence-corrected chi connectivity index (χ3v) is 7.19. The number of amides is 1. The van der Waals surface area contributed by atoms with Gasteiger partial charge in [0, 0.05) is 33.2 Å². The molecule has 0 aliphatic carbocycles.